The molecule has 0 spiro atoms. The number of unbranched alkanes of at least 4 members (excludes halogenated alkanes) is 11. The number of hydrogen-bond acceptors (Lipinski definition) is 6. The standard InChI is InChI=1S/C28H60NO8P/c1-6-7-8-13-16-19-34-20-17-14-11-9-10-12-15-18-21-35-26-28(36-23-22-33-5)24-27(29(2,3)4)25-37-38(30,31)32/h27-28H,6-26H2,1-5H3,(H-,30,31,32)/p+1. The van der Waals surface area contributed by atoms with Crippen molar-refractivity contribution in [2.24, 2.45) is 0 Å². The van der Waals surface area contributed by atoms with Gasteiger partial charge in [0.15, 0.2) is 0 Å². The fraction of sp³-hybridized carbons (Fsp3) is 1.00. The van der Waals surface area contributed by atoms with Crippen LogP contribution in [0.2, 0.25) is 0 Å². The predicted octanol–water partition coefficient (Wildman–Crippen LogP) is 5.72. The van der Waals surface area contributed by atoms with Crippen LogP contribution in [0.25, 0.3) is 0 Å². The Balaban J connectivity index is 3.94. The summed E-state index contributed by atoms with van der Waals surface area (Å²) in [5, 5.41) is 0. The molecule has 2 unspecified atom stereocenters. The van der Waals surface area contributed by atoms with Crippen molar-refractivity contribution in [3.63, 3.8) is 0 Å². The minimum absolute atomic E-state index is 0.0515. The van der Waals surface area contributed by atoms with Crippen molar-refractivity contribution in [1.29, 1.82) is 0 Å². The maximum Gasteiger partial charge on any atom is 0.469 e. The predicted molar refractivity (Wildman–Crippen MR) is 153 cm³/mol. The lowest BCUT2D eigenvalue weighted by Crippen LogP contribution is -2.50. The van der Waals surface area contributed by atoms with Gasteiger partial charge in [-0.3, -0.25) is 4.52 Å². The van der Waals surface area contributed by atoms with Gasteiger partial charge in [-0.2, -0.15) is 0 Å². The molecule has 2 N–H and O–H groups in total. The largest absolute Gasteiger partial charge is 0.469 e. The molecule has 0 aliphatic heterocycles. The summed E-state index contributed by atoms with van der Waals surface area (Å²) in [6.45, 7) is 6.08. The molecule has 0 aromatic carbocycles. The highest BCUT2D eigenvalue weighted by atomic mass is 31.2. The first-order valence-corrected chi connectivity index (χ1v) is 16.4. The molecule has 0 aliphatic carbocycles. The molecular formula is C28H61NO8P+. The first kappa shape index (κ1) is 37.9. The van der Waals surface area contributed by atoms with Crippen molar-refractivity contribution in [1.82, 2.24) is 0 Å². The van der Waals surface area contributed by atoms with Gasteiger partial charge in [0.2, 0.25) is 0 Å². The number of quaternary nitrogens is 1. The van der Waals surface area contributed by atoms with E-state index in [1.807, 2.05) is 21.1 Å². The van der Waals surface area contributed by atoms with E-state index in [1.165, 1.54) is 70.6 Å². The number of likely N-dealkylation sites (N-methyl/N-ethyl adjacent to an activating group) is 1. The molecular weight excluding hydrogens is 509 g/mol. The van der Waals surface area contributed by atoms with Crippen molar-refractivity contribution in [3.05, 3.63) is 0 Å². The maximum absolute atomic E-state index is 11.2. The number of hydrogen-bond donors (Lipinski definition) is 2. The normalized spacial score (nSPS) is 14.2. The number of phosphoric acid groups is 1. The molecule has 0 aromatic heterocycles. The van der Waals surface area contributed by atoms with Crippen LogP contribution in [0.5, 0.6) is 0 Å². The third kappa shape index (κ3) is 26.1. The second-order valence-electron chi connectivity index (χ2n) is 11.2. The van der Waals surface area contributed by atoms with Crippen LogP contribution in [0.3, 0.4) is 0 Å². The van der Waals surface area contributed by atoms with E-state index in [1.54, 1.807) is 7.11 Å². The van der Waals surface area contributed by atoms with Gasteiger partial charge in [0.05, 0.1) is 47.1 Å². The van der Waals surface area contributed by atoms with Gasteiger partial charge in [0, 0.05) is 33.4 Å². The Morgan fingerprint density at radius 3 is 1.66 bits per heavy atom. The van der Waals surface area contributed by atoms with Crippen LogP contribution in [0.4, 0.5) is 0 Å². The molecule has 10 heteroatoms. The van der Waals surface area contributed by atoms with Crippen molar-refractivity contribution in [2.45, 2.75) is 109 Å². The van der Waals surface area contributed by atoms with E-state index in [4.69, 9.17) is 33.3 Å². The lowest BCUT2D eigenvalue weighted by molar-refractivity contribution is -0.897. The highest BCUT2D eigenvalue weighted by molar-refractivity contribution is 7.46. The lowest BCUT2D eigenvalue weighted by atomic mass is 10.1. The SMILES string of the molecule is CCCCCCCOCCCCCCCCCCOCC(CC(COP(=O)(O)O)[N+](C)(C)C)OCCOC. The lowest BCUT2D eigenvalue weighted by Gasteiger charge is -2.36. The topological polar surface area (TPSA) is 104 Å². The zero-order chi connectivity index (χ0) is 28.5. The number of ether oxygens (including phenoxy) is 4. The molecule has 0 aromatic rings. The molecule has 230 valence electrons. The molecule has 0 saturated heterocycles. The molecule has 0 saturated carbocycles. The summed E-state index contributed by atoms with van der Waals surface area (Å²) in [7, 11) is 3.04. The highest BCUT2D eigenvalue weighted by Gasteiger charge is 2.31. The molecule has 0 heterocycles. The zero-order valence-corrected chi connectivity index (χ0v) is 26.1. The molecule has 0 radical (unpaired) electrons. The summed E-state index contributed by atoms with van der Waals surface area (Å²) in [4.78, 5) is 18.2. The second-order valence-corrected chi connectivity index (χ2v) is 12.4. The van der Waals surface area contributed by atoms with E-state index in [9.17, 15) is 4.57 Å². The molecule has 0 rings (SSSR count). The van der Waals surface area contributed by atoms with E-state index < -0.39 is 7.82 Å². The number of methoxy groups -OCH3 is 1. The Labute approximate surface area is 233 Å². The molecule has 2 atom stereocenters. The van der Waals surface area contributed by atoms with Gasteiger partial charge >= 0.3 is 7.82 Å². The smallest absolute Gasteiger partial charge is 0.382 e. The van der Waals surface area contributed by atoms with Crippen LogP contribution >= 0.6 is 7.82 Å². The van der Waals surface area contributed by atoms with E-state index in [2.05, 4.69) is 6.92 Å². The summed E-state index contributed by atoms with van der Waals surface area (Å²) in [5.74, 6) is 0. The Bertz CT molecular complexity index is 555. The van der Waals surface area contributed by atoms with Gasteiger partial charge in [-0.1, -0.05) is 71.1 Å². The first-order chi connectivity index (χ1) is 18.1. The van der Waals surface area contributed by atoms with Crippen molar-refractivity contribution in [3.8, 4) is 0 Å². The molecule has 0 aliphatic rings. The van der Waals surface area contributed by atoms with E-state index in [0.29, 0.717) is 37.3 Å². The minimum Gasteiger partial charge on any atom is -0.382 e. The molecule has 0 bridgehead atoms. The Hall–Kier alpha value is -0.0900. The Morgan fingerprint density at radius 2 is 1.18 bits per heavy atom. The minimum atomic E-state index is -4.52. The van der Waals surface area contributed by atoms with Crippen LogP contribution in [-0.2, 0) is 28.0 Å². The molecule has 38 heavy (non-hydrogen) atoms. The summed E-state index contributed by atoms with van der Waals surface area (Å²) in [6.07, 6.45) is 16.6. The van der Waals surface area contributed by atoms with E-state index in [0.717, 1.165) is 26.1 Å². The first-order valence-electron chi connectivity index (χ1n) is 14.9. The quantitative estimate of drug-likeness (QED) is 0.0669. The van der Waals surface area contributed by atoms with Crippen LogP contribution < -0.4 is 0 Å². The fourth-order valence-electron chi connectivity index (χ4n) is 4.17. The van der Waals surface area contributed by atoms with Gasteiger partial charge in [-0.05, 0) is 19.3 Å². The monoisotopic (exact) mass is 570 g/mol. The van der Waals surface area contributed by atoms with Crippen LogP contribution in [0.15, 0.2) is 0 Å². The van der Waals surface area contributed by atoms with Crippen molar-refractivity contribution < 1.29 is 42.3 Å². The summed E-state index contributed by atoms with van der Waals surface area (Å²) >= 11 is 0. The van der Waals surface area contributed by atoms with Gasteiger partial charge in [0.1, 0.15) is 12.6 Å². The summed E-state index contributed by atoms with van der Waals surface area (Å²) < 4.78 is 39.2. The molecule has 9 nitrogen and oxygen atoms in total. The van der Waals surface area contributed by atoms with E-state index >= 15 is 0 Å². The third-order valence-corrected chi connectivity index (χ3v) is 7.22. The highest BCUT2D eigenvalue weighted by Crippen LogP contribution is 2.36. The zero-order valence-electron chi connectivity index (χ0n) is 25.2. The van der Waals surface area contributed by atoms with Crippen LogP contribution in [0.1, 0.15) is 96.8 Å². The van der Waals surface area contributed by atoms with E-state index in [-0.39, 0.29) is 18.8 Å². The van der Waals surface area contributed by atoms with Gasteiger partial charge in [0.25, 0.3) is 0 Å². The number of nitrogens with zero attached hydrogens (tertiary/aromatic N) is 1. The summed E-state index contributed by atoms with van der Waals surface area (Å²) in [5.41, 5.74) is 0. The van der Waals surface area contributed by atoms with Crippen LogP contribution in [0, 0.1) is 0 Å². The van der Waals surface area contributed by atoms with Gasteiger partial charge in [-0.15, -0.1) is 0 Å². The molecule has 0 fully saturated rings. The van der Waals surface area contributed by atoms with Gasteiger partial charge in [-0.25, -0.2) is 4.57 Å². The average Bonchev–Trinajstić information content (AvgIpc) is 2.84. The second kappa shape index (κ2) is 24.7. The summed E-state index contributed by atoms with van der Waals surface area (Å²) in [6, 6.07) is -0.152. The number of rotatable bonds is 29. The Kier molecular flexibility index (Phi) is 24.6. The molecule has 0 amide bonds. The fourth-order valence-corrected chi connectivity index (χ4v) is 4.54. The third-order valence-electron chi connectivity index (χ3n) is 6.73. The van der Waals surface area contributed by atoms with Crippen LogP contribution in [-0.4, -0.2) is 101 Å². The Morgan fingerprint density at radius 1 is 0.684 bits per heavy atom. The maximum atomic E-state index is 11.2. The van der Waals surface area contributed by atoms with Crippen molar-refractivity contribution >= 4 is 7.82 Å². The average molecular weight is 571 g/mol. The van der Waals surface area contributed by atoms with Crippen molar-refractivity contribution in [2.75, 3.05) is 74.5 Å². The van der Waals surface area contributed by atoms with Gasteiger partial charge < -0.3 is 33.2 Å². The number of phosphoric ester groups is 1.